The Morgan fingerprint density at radius 1 is 1.21 bits per heavy atom. The molecule has 0 aliphatic carbocycles. The highest BCUT2D eigenvalue weighted by atomic mass is 16.6. The third-order valence-electron chi connectivity index (χ3n) is 5.32. The van der Waals surface area contributed by atoms with E-state index in [0.717, 1.165) is 44.5 Å². The van der Waals surface area contributed by atoms with Crippen LogP contribution in [0.3, 0.4) is 0 Å². The minimum Gasteiger partial charge on any atom is -0.490 e. The van der Waals surface area contributed by atoms with Gasteiger partial charge in [0.1, 0.15) is 11.9 Å². The Morgan fingerprint density at radius 2 is 1.96 bits per heavy atom. The molecular weight excluding hydrogens is 308 g/mol. The minimum absolute atomic E-state index is 0.156. The van der Waals surface area contributed by atoms with Crippen LogP contribution >= 0.6 is 0 Å². The van der Waals surface area contributed by atoms with Gasteiger partial charge in [-0.25, -0.2) is 4.79 Å². The molecule has 130 valence electrons. The van der Waals surface area contributed by atoms with Crippen LogP contribution < -0.4 is 4.74 Å². The first-order chi connectivity index (χ1) is 11.8. The van der Waals surface area contributed by atoms with Crippen LogP contribution in [0.25, 0.3) is 0 Å². The number of carbonyl (C=O) groups excluding carboxylic acids is 1. The number of aromatic nitrogens is 1. The topological polar surface area (TPSA) is 60.9 Å². The monoisotopic (exact) mass is 332 g/mol. The second-order valence-electron chi connectivity index (χ2n) is 6.99. The largest absolute Gasteiger partial charge is 0.490 e. The van der Waals surface area contributed by atoms with Gasteiger partial charge < -0.3 is 19.1 Å². The van der Waals surface area contributed by atoms with Crippen molar-refractivity contribution in [1.82, 2.24) is 9.88 Å². The van der Waals surface area contributed by atoms with Crippen molar-refractivity contribution in [2.24, 2.45) is 5.92 Å². The first-order valence-corrected chi connectivity index (χ1v) is 8.89. The summed E-state index contributed by atoms with van der Waals surface area (Å²) in [5, 5.41) is 0. The summed E-state index contributed by atoms with van der Waals surface area (Å²) in [4.78, 5) is 18.5. The van der Waals surface area contributed by atoms with Gasteiger partial charge in [0.05, 0.1) is 13.2 Å². The lowest BCUT2D eigenvalue weighted by Crippen LogP contribution is -2.49. The van der Waals surface area contributed by atoms with Crippen LogP contribution in [0.2, 0.25) is 0 Å². The first kappa shape index (κ1) is 15.7. The average Bonchev–Trinajstić information content (AvgIpc) is 3.20. The van der Waals surface area contributed by atoms with E-state index in [4.69, 9.17) is 14.2 Å². The predicted molar refractivity (Wildman–Crippen MR) is 86.8 cm³/mol. The lowest BCUT2D eigenvalue weighted by atomic mass is 10.0. The van der Waals surface area contributed by atoms with Gasteiger partial charge in [0.2, 0.25) is 0 Å². The van der Waals surface area contributed by atoms with Gasteiger partial charge in [-0.15, -0.1) is 0 Å². The van der Waals surface area contributed by atoms with Gasteiger partial charge >= 0.3 is 6.09 Å². The molecule has 3 aliphatic rings. The molecule has 1 amide bonds. The van der Waals surface area contributed by atoms with E-state index in [2.05, 4.69) is 4.98 Å². The second-order valence-corrected chi connectivity index (χ2v) is 6.99. The SMILES string of the molecule is O=C(OCC1CCOC1)N1C2CCC1CC(Oc1ccncc1)C2. The van der Waals surface area contributed by atoms with Crippen molar-refractivity contribution in [1.29, 1.82) is 0 Å². The van der Waals surface area contributed by atoms with Crippen molar-refractivity contribution in [2.45, 2.75) is 50.3 Å². The molecule has 0 saturated carbocycles. The van der Waals surface area contributed by atoms with Crippen LogP contribution in [0.5, 0.6) is 5.75 Å². The molecule has 6 heteroatoms. The number of nitrogens with zero attached hydrogens (tertiary/aromatic N) is 2. The fourth-order valence-electron chi connectivity index (χ4n) is 4.11. The maximum atomic E-state index is 12.5. The number of amides is 1. The number of hydrogen-bond donors (Lipinski definition) is 0. The highest BCUT2D eigenvalue weighted by molar-refractivity contribution is 5.69. The van der Waals surface area contributed by atoms with E-state index in [1.807, 2.05) is 17.0 Å². The summed E-state index contributed by atoms with van der Waals surface area (Å²) in [6.45, 7) is 1.97. The van der Waals surface area contributed by atoms with Crippen molar-refractivity contribution in [3.63, 3.8) is 0 Å². The van der Waals surface area contributed by atoms with E-state index in [0.29, 0.717) is 19.1 Å². The lowest BCUT2D eigenvalue weighted by Gasteiger charge is -2.38. The van der Waals surface area contributed by atoms with Crippen LogP contribution in [-0.2, 0) is 9.47 Å². The molecule has 1 aromatic heterocycles. The van der Waals surface area contributed by atoms with E-state index in [9.17, 15) is 4.79 Å². The zero-order valence-electron chi connectivity index (χ0n) is 13.8. The van der Waals surface area contributed by atoms with E-state index < -0.39 is 0 Å². The molecule has 3 unspecified atom stereocenters. The molecule has 6 nitrogen and oxygen atoms in total. The van der Waals surface area contributed by atoms with Crippen molar-refractivity contribution in [3.05, 3.63) is 24.5 Å². The minimum atomic E-state index is -0.156. The molecule has 0 radical (unpaired) electrons. The van der Waals surface area contributed by atoms with Gasteiger partial charge in [-0.2, -0.15) is 0 Å². The maximum absolute atomic E-state index is 12.5. The molecule has 0 aromatic carbocycles. The Balaban J connectivity index is 1.32. The molecule has 0 spiro atoms. The highest BCUT2D eigenvalue weighted by Crippen LogP contribution is 2.37. The summed E-state index contributed by atoms with van der Waals surface area (Å²) in [5.41, 5.74) is 0. The number of pyridine rings is 1. The number of rotatable bonds is 4. The number of ether oxygens (including phenoxy) is 3. The fraction of sp³-hybridized carbons (Fsp3) is 0.667. The van der Waals surface area contributed by atoms with Crippen LogP contribution in [0.15, 0.2) is 24.5 Å². The van der Waals surface area contributed by atoms with Gasteiger partial charge in [-0.1, -0.05) is 0 Å². The van der Waals surface area contributed by atoms with Crippen LogP contribution in [-0.4, -0.2) is 54.0 Å². The van der Waals surface area contributed by atoms with E-state index in [-0.39, 0.29) is 24.3 Å². The molecule has 2 bridgehead atoms. The Kier molecular flexibility index (Phi) is 4.56. The summed E-state index contributed by atoms with van der Waals surface area (Å²) in [7, 11) is 0. The normalized spacial score (nSPS) is 31.9. The van der Waals surface area contributed by atoms with E-state index >= 15 is 0 Å². The van der Waals surface area contributed by atoms with Crippen LogP contribution in [0.4, 0.5) is 4.79 Å². The summed E-state index contributed by atoms with van der Waals surface area (Å²) >= 11 is 0. The van der Waals surface area contributed by atoms with Gasteiger partial charge in [-0.05, 0) is 31.4 Å². The van der Waals surface area contributed by atoms with E-state index in [1.165, 1.54) is 0 Å². The fourth-order valence-corrected chi connectivity index (χ4v) is 4.11. The Morgan fingerprint density at radius 3 is 2.62 bits per heavy atom. The summed E-state index contributed by atoms with van der Waals surface area (Å²) in [6, 6.07) is 4.24. The summed E-state index contributed by atoms with van der Waals surface area (Å²) in [6.07, 6.45) is 8.31. The molecule has 3 saturated heterocycles. The molecule has 0 N–H and O–H groups in total. The Labute approximate surface area is 142 Å². The van der Waals surface area contributed by atoms with Gasteiger partial charge in [0, 0.05) is 49.8 Å². The van der Waals surface area contributed by atoms with Gasteiger partial charge in [0.15, 0.2) is 0 Å². The third-order valence-corrected chi connectivity index (χ3v) is 5.32. The van der Waals surface area contributed by atoms with Gasteiger partial charge in [0.25, 0.3) is 0 Å². The van der Waals surface area contributed by atoms with Crippen molar-refractivity contribution in [2.75, 3.05) is 19.8 Å². The number of fused-ring (bicyclic) bond motifs is 2. The standard InChI is InChI=1S/C18H24N2O4/c21-18(23-12-13-5-8-22-11-13)20-14-1-2-15(20)10-17(9-14)24-16-3-6-19-7-4-16/h3-4,6-7,13-15,17H,1-2,5,8-12H2. The summed E-state index contributed by atoms with van der Waals surface area (Å²) < 4.78 is 17.0. The molecule has 1 aromatic rings. The zero-order valence-corrected chi connectivity index (χ0v) is 13.8. The molecule has 4 heterocycles. The Hall–Kier alpha value is -1.82. The quantitative estimate of drug-likeness (QED) is 0.848. The highest BCUT2D eigenvalue weighted by Gasteiger charge is 2.45. The lowest BCUT2D eigenvalue weighted by molar-refractivity contribution is 0.0269. The van der Waals surface area contributed by atoms with Crippen LogP contribution in [0.1, 0.15) is 32.1 Å². The number of piperidine rings is 1. The Bertz CT molecular complexity index is 547. The smallest absolute Gasteiger partial charge is 0.410 e. The number of carbonyl (C=O) groups is 1. The summed E-state index contributed by atoms with van der Waals surface area (Å²) in [5.74, 6) is 1.21. The molecule has 24 heavy (non-hydrogen) atoms. The molecule has 3 atom stereocenters. The molecule has 3 aliphatic heterocycles. The van der Waals surface area contributed by atoms with Crippen molar-refractivity contribution < 1.29 is 19.0 Å². The van der Waals surface area contributed by atoms with Gasteiger partial charge in [-0.3, -0.25) is 4.98 Å². The van der Waals surface area contributed by atoms with E-state index in [1.54, 1.807) is 12.4 Å². The van der Waals surface area contributed by atoms with Crippen molar-refractivity contribution in [3.8, 4) is 5.75 Å². The molecule has 3 fully saturated rings. The third kappa shape index (κ3) is 3.34. The predicted octanol–water partition coefficient (Wildman–Crippen LogP) is 2.63. The molecule has 4 rings (SSSR count). The molecular formula is C18H24N2O4. The van der Waals surface area contributed by atoms with Crippen molar-refractivity contribution >= 4 is 6.09 Å². The number of hydrogen-bond acceptors (Lipinski definition) is 5. The van der Waals surface area contributed by atoms with Crippen LogP contribution in [0, 0.1) is 5.92 Å². The maximum Gasteiger partial charge on any atom is 0.410 e. The zero-order chi connectivity index (χ0) is 16.4. The average molecular weight is 332 g/mol. The second kappa shape index (κ2) is 6.97. The first-order valence-electron chi connectivity index (χ1n) is 8.89.